The highest BCUT2D eigenvalue weighted by Gasteiger charge is 2.34. The molecule has 0 heteroatoms. The Morgan fingerprint density at radius 2 is 1.88 bits per heavy atom. The van der Waals surface area contributed by atoms with Crippen LogP contribution in [0.15, 0.2) is 11.6 Å². The van der Waals surface area contributed by atoms with Gasteiger partial charge in [-0.2, -0.15) is 0 Å². The smallest absolute Gasteiger partial charge is 0.0143 e. The average molecular weight is 110 g/mol. The molecule has 0 radical (unpaired) electrons. The molecule has 0 aromatic carbocycles. The summed E-state index contributed by atoms with van der Waals surface area (Å²) in [5.41, 5.74) is 2.07. The number of rotatable bonds is 1. The van der Waals surface area contributed by atoms with Crippen molar-refractivity contribution >= 4 is 0 Å². The van der Waals surface area contributed by atoms with Crippen molar-refractivity contribution in [2.24, 2.45) is 5.41 Å². The third-order valence-corrected chi connectivity index (χ3v) is 1.68. The third kappa shape index (κ3) is 1.36. The van der Waals surface area contributed by atoms with Crippen molar-refractivity contribution in [1.82, 2.24) is 0 Å². The van der Waals surface area contributed by atoms with Gasteiger partial charge in [0.15, 0.2) is 0 Å². The van der Waals surface area contributed by atoms with Crippen LogP contribution < -0.4 is 0 Å². The molecule has 0 N–H and O–H groups in total. The fraction of sp³-hybridized carbons (Fsp3) is 0.750. The summed E-state index contributed by atoms with van der Waals surface area (Å²) in [6.07, 6.45) is 5.18. The van der Waals surface area contributed by atoms with Crippen LogP contribution in [0.3, 0.4) is 0 Å². The lowest BCUT2D eigenvalue weighted by molar-refractivity contribution is 0.739. The molecule has 0 aliphatic heterocycles. The Balaban J connectivity index is 2.50. The summed E-state index contributed by atoms with van der Waals surface area (Å²) in [4.78, 5) is 0. The van der Waals surface area contributed by atoms with Crippen molar-refractivity contribution in [1.29, 1.82) is 0 Å². The van der Waals surface area contributed by atoms with Gasteiger partial charge < -0.3 is 0 Å². The fourth-order valence-corrected chi connectivity index (χ4v) is 1.04. The van der Waals surface area contributed by atoms with E-state index in [4.69, 9.17) is 0 Å². The SMILES string of the molecule is CC(C)=CC1(C)CC1. The fourth-order valence-electron chi connectivity index (χ4n) is 1.04. The predicted octanol–water partition coefficient (Wildman–Crippen LogP) is 2.75. The highest BCUT2D eigenvalue weighted by molar-refractivity contribution is 5.10. The molecule has 0 atom stereocenters. The Labute approximate surface area is 51.6 Å². The molecule has 8 heavy (non-hydrogen) atoms. The zero-order chi connectivity index (χ0) is 6.20. The maximum atomic E-state index is 2.38. The summed E-state index contributed by atoms with van der Waals surface area (Å²) in [6, 6.07) is 0. The molecule has 0 amide bonds. The largest absolute Gasteiger partial charge is 0.0799 e. The Bertz CT molecular complexity index is 112. The molecule has 1 aliphatic rings. The van der Waals surface area contributed by atoms with Crippen molar-refractivity contribution in [3.63, 3.8) is 0 Å². The van der Waals surface area contributed by atoms with E-state index in [-0.39, 0.29) is 0 Å². The molecular weight excluding hydrogens is 96.1 g/mol. The molecular formula is C8H14. The van der Waals surface area contributed by atoms with Crippen molar-refractivity contribution in [3.8, 4) is 0 Å². The lowest BCUT2D eigenvalue weighted by atomic mass is 10.1. The van der Waals surface area contributed by atoms with Crippen molar-refractivity contribution in [2.75, 3.05) is 0 Å². The maximum Gasteiger partial charge on any atom is -0.0143 e. The van der Waals surface area contributed by atoms with Gasteiger partial charge in [-0.3, -0.25) is 0 Å². The summed E-state index contributed by atoms with van der Waals surface area (Å²) >= 11 is 0. The van der Waals surface area contributed by atoms with Gasteiger partial charge in [0.25, 0.3) is 0 Å². The van der Waals surface area contributed by atoms with E-state index >= 15 is 0 Å². The molecule has 1 rings (SSSR count). The van der Waals surface area contributed by atoms with Crippen LogP contribution in [0.2, 0.25) is 0 Å². The van der Waals surface area contributed by atoms with Crippen LogP contribution in [0.5, 0.6) is 0 Å². The third-order valence-electron chi connectivity index (χ3n) is 1.68. The number of hydrogen-bond acceptors (Lipinski definition) is 0. The molecule has 0 bridgehead atoms. The first kappa shape index (κ1) is 5.87. The minimum atomic E-state index is 0.610. The first-order valence-electron chi connectivity index (χ1n) is 3.28. The molecule has 0 aromatic heterocycles. The second-order valence-corrected chi connectivity index (χ2v) is 3.38. The van der Waals surface area contributed by atoms with E-state index < -0.39 is 0 Å². The van der Waals surface area contributed by atoms with Crippen LogP contribution in [-0.2, 0) is 0 Å². The molecule has 0 unspecified atom stereocenters. The number of hydrogen-bond donors (Lipinski definition) is 0. The van der Waals surface area contributed by atoms with E-state index in [9.17, 15) is 0 Å². The Morgan fingerprint density at radius 3 is 2.00 bits per heavy atom. The van der Waals surface area contributed by atoms with E-state index in [1.54, 1.807) is 0 Å². The molecule has 46 valence electrons. The molecule has 0 aromatic rings. The van der Waals surface area contributed by atoms with Crippen molar-refractivity contribution in [3.05, 3.63) is 11.6 Å². The summed E-state index contributed by atoms with van der Waals surface area (Å²) in [6.45, 7) is 6.66. The first-order chi connectivity index (χ1) is 3.62. The van der Waals surface area contributed by atoms with E-state index in [0.29, 0.717) is 5.41 Å². The zero-order valence-electron chi connectivity index (χ0n) is 5.99. The van der Waals surface area contributed by atoms with Gasteiger partial charge in [0, 0.05) is 0 Å². The monoisotopic (exact) mass is 110 g/mol. The number of allylic oxidation sites excluding steroid dienone is 2. The Kier molecular flexibility index (Phi) is 1.18. The topological polar surface area (TPSA) is 0 Å². The van der Waals surface area contributed by atoms with Crippen LogP contribution in [0.25, 0.3) is 0 Å². The molecule has 0 saturated heterocycles. The van der Waals surface area contributed by atoms with Gasteiger partial charge in [0.05, 0.1) is 0 Å². The van der Waals surface area contributed by atoms with E-state index in [2.05, 4.69) is 26.8 Å². The normalized spacial score (nSPS) is 22.4. The predicted molar refractivity (Wildman–Crippen MR) is 36.8 cm³/mol. The van der Waals surface area contributed by atoms with Crippen LogP contribution in [0, 0.1) is 5.41 Å². The standard InChI is InChI=1S/C8H14/c1-7(2)6-8(3)4-5-8/h6H,4-5H2,1-3H3. The van der Waals surface area contributed by atoms with Crippen LogP contribution in [0.1, 0.15) is 33.6 Å². The van der Waals surface area contributed by atoms with Crippen LogP contribution in [0.4, 0.5) is 0 Å². The molecule has 0 heterocycles. The Morgan fingerprint density at radius 1 is 1.38 bits per heavy atom. The Hall–Kier alpha value is -0.260. The summed E-state index contributed by atoms with van der Waals surface area (Å²) in [7, 11) is 0. The van der Waals surface area contributed by atoms with Gasteiger partial charge in [0.2, 0.25) is 0 Å². The van der Waals surface area contributed by atoms with Crippen LogP contribution >= 0.6 is 0 Å². The summed E-state index contributed by atoms with van der Waals surface area (Å²) in [5.74, 6) is 0. The minimum Gasteiger partial charge on any atom is -0.0799 e. The van der Waals surface area contributed by atoms with Gasteiger partial charge in [0.1, 0.15) is 0 Å². The zero-order valence-corrected chi connectivity index (χ0v) is 5.99. The van der Waals surface area contributed by atoms with Crippen molar-refractivity contribution in [2.45, 2.75) is 33.6 Å². The van der Waals surface area contributed by atoms with Gasteiger partial charge >= 0.3 is 0 Å². The quantitative estimate of drug-likeness (QED) is 0.455. The van der Waals surface area contributed by atoms with E-state index in [0.717, 1.165) is 0 Å². The highest BCUT2D eigenvalue weighted by Crippen LogP contribution is 2.46. The lowest BCUT2D eigenvalue weighted by Gasteiger charge is -1.98. The lowest BCUT2D eigenvalue weighted by Crippen LogP contribution is -1.84. The molecule has 1 saturated carbocycles. The van der Waals surface area contributed by atoms with Gasteiger partial charge in [-0.1, -0.05) is 18.6 Å². The van der Waals surface area contributed by atoms with Gasteiger partial charge in [-0.05, 0) is 32.1 Å². The summed E-state index contributed by atoms with van der Waals surface area (Å²) in [5, 5.41) is 0. The minimum absolute atomic E-state index is 0.610. The summed E-state index contributed by atoms with van der Waals surface area (Å²) < 4.78 is 0. The first-order valence-corrected chi connectivity index (χ1v) is 3.28. The maximum absolute atomic E-state index is 2.38. The second-order valence-electron chi connectivity index (χ2n) is 3.38. The molecule has 0 nitrogen and oxygen atoms in total. The van der Waals surface area contributed by atoms with E-state index in [1.807, 2.05) is 0 Å². The van der Waals surface area contributed by atoms with Crippen LogP contribution in [-0.4, -0.2) is 0 Å². The van der Waals surface area contributed by atoms with E-state index in [1.165, 1.54) is 18.4 Å². The van der Waals surface area contributed by atoms with Gasteiger partial charge in [-0.15, -0.1) is 0 Å². The second kappa shape index (κ2) is 1.61. The molecule has 0 spiro atoms. The van der Waals surface area contributed by atoms with Gasteiger partial charge in [-0.25, -0.2) is 0 Å². The molecule has 1 aliphatic carbocycles. The highest BCUT2D eigenvalue weighted by atomic mass is 14.4. The molecule has 1 fully saturated rings. The van der Waals surface area contributed by atoms with Crippen molar-refractivity contribution < 1.29 is 0 Å². The average Bonchev–Trinajstić information content (AvgIpc) is 2.17.